The second-order valence-electron chi connectivity index (χ2n) is 5.65. The number of carboxylic acid groups (broad SMARTS) is 1. The Balaban J connectivity index is 2.12. The Kier molecular flexibility index (Phi) is 5.21. The standard InChI is InChI=1S/C18H21NO4/c1-4-5-6-15(18(21)22)19-16(20)9-13-10-23-17-12(3)11(2)7-8-14(13)17/h4,7-8,10,15H,1,5-6,9H2,2-3H3,(H,19,20)(H,21,22). The van der Waals surface area contributed by atoms with E-state index in [1.165, 1.54) is 0 Å². The third-order valence-corrected chi connectivity index (χ3v) is 3.99. The molecule has 1 atom stereocenters. The third kappa shape index (κ3) is 3.80. The Labute approximate surface area is 135 Å². The number of nitrogens with one attached hydrogen (secondary N) is 1. The topological polar surface area (TPSA) is 79.5 Å². The van der Waals surface area contributed by atoms with Crippen LogP contribution in [0.5, 0.6) is 0 Å². The van der Waals surface area contributed by atoms with Crippen LogP contribution in [0.25, 0.3) is 11.0 Å². The van der Waals surface area contributed by atoms with Gasteiger partial charge in [0.05, 0.1) is 12.7 Å². The summed E-state index contributed by atoms with van der Waals surface area (Å²) in [6.07, 6.45) is 4.15. The number of carbonyl (C=O) groups is 2. The lowest BCUT2D eigenvalue weighted by molar-refractivity contribution is -0.141. The smallest absolute Gasteiger partial charge is 0.326 e. The van der Waals surface area contributed by atoms with Gasteiger partial charge in [0.25, 0.3) is 0 Å². The lowest BCUT2D eigenvalue weighted by atomic mass is 10.0. The lowest BCUT2D eigenvalue weighted by Crippen LogP contribution is -2.41. The van der Waals surface area contributed by atoms with Crippen molar-refractivity contribution in [3.8, 4) is 0 Å². The average Bonchev–Trinajstić information content (AvgIpc) is 2.90. The fourth-order valence-corrected chi connectivity index (χ4v) is 2.49. The summed E-state index contributed by atoms with van der Waals surface area (Å²) in [5, 5.41) is 12.6. The second kappa shape index (κ2) is 7.13. The minimum atomic E-state index is -1.04. The van der Waals surface area contributed by atoms with Crippen molar-refractivity contribution < 1.29 is 19.1 Å². The minimum absolute atomic E-state index is 0.0906. The summed E-state index contributed by atoms with van der Waals surface area (Å²) in [4.78, 5) is 23.3. The predicted molar refractivity (Wildman–Crippen MR) is 88.4 cm³/mol. The summed E-state index contributed by atoms with van der Waals surface area (Å²) in [7, 11) is 0. The molecular formula is C18H21NO4. The van der Waals surface area contributed by atoms with Crippen LogP contribution < -0.4 is 5.32 Å². The number of aliphatic carboxylic acids is 1. The number of hydrogen-bond acceptors (Lipinski definition) is 3. The maximum absolute atomic E-state index is 12.1. The molecule has 5 nitrogen and oxygen atoms in total. The molecule has 2 aromatic rings. The van der Waals surface area contributed by atoms with Crippen LogP contribution in [0.4, 0.5) is 0 Å². The highest BCUT2D eigenvalue weighted by Crippen LogP contribution is 2.26. The van der Waals surface area contributed by atoms with Gasteiger partial charge in [-0.2, -0.15) is 0 Å². The van der Waals surface area contributed by atoms with E-state index in [9.17, 15) is 9.59 Å². The number of carbonyl (C=O) groups excluding carboxylic acids is 1. The molecule has 0 bridgehead atoms. The molecule has 1 unspecified atom stereocenters. The highest BCUT2D eigenvalue weighted by atomic mass is 16.4. The van der Waals surface area contributed by atoms with Gasteiger partial charge < -0.3 is 14.8 Å². The van der Waals surface area contributed by atoms with Crippen molar-refractivity contribution in [3.63, 3.8) is 0 Å². The summed E-state index contributed by atoms with van der Waals surface area (Å²) >= 11 is 0. The van der Waals surface area contributed by atoms with Crippen molar-refractivity contribution in [2.45, 2.75) is 39.2 Å². The highest BCUT2D eigenvalue weighted by Gasteiger charge is 2.20. The van der Waals surface area contributed by atoms with Gasteiger partial charge >= 0.3 is 5.97 Å². The number of aryl methyl sites for hydroxylation is 2. The van der Waals surface area contributed by atoms with Crippen LogP contribution >= 0.6 is 0 Å². The van der Waals surface area contributed by atoms with E-state index in [0.717, 1.165) is 27.7 Å². The van der Waals surface area contributed by atoms with Crippen LogP contribution in [-0.4, -0.2) is 23.0 Å². The largest absolute Gasteiger partial charge is 0.480 e. The van der Waals surface area contributed by atoms with E-state index in [1.54, 1.807) is 12.3 Å². The van der Waals surface area contributed by atoms with E-state index in [0.29, 0.717) is 12.8 Å². The lowest BCUT2D eigenvalue weighted by Gasteiger charge is -2.13. The van der Waals surface area contributed by atoms with Gasteiger partial charge in [-0.15, -0.1) is 6.58 Å². The molecule has 2 N–H and O–H groups in total. The second-order valence-corrected chi connectivity index (χ2v) is 5.65. The van der Waals surface area contributed by atoms with Gasteiger partial charge in [-0.25, -0.2) is 4.79 Å². The molecule has 0 aliphatic heterocycles. The molecule has 0 aliphatic carbocycles. The molecule has 0 saturated heterocycles. The van der Waals surface area contributed by atoms with E-state index in [-0.39, 0.29) is 12.3 Å². The summed E-state index contributed by atoms with van der Waals surface area (Å²) < 4.78 is 5.57. The average molecular weight is 315 g/mol. The van der Waals surface area contributed by atoms with E-state index >= 15 is 0 Å². The number of fused-ring (bicyclic) bond motifs is 1. The molecular weight excluding hydrogens is 294 g/mol. The van der Waals surface area contributed by atoms with Crippen molar-refractivity contribution >= 4 is 22.8 Å². The number of carboxylic acids is 1. The van der Waals surface area contributed by atoms with E-state index in [1.807, 2.05) is 26.0 Å². The van der Waals surface area contributed by atoms with Gasteiger partial charge in [0, 0.05) is 10.9 Å². The number of rotatable bonds is 7. The zero-order valence-corrected chi connectivity index (χ0v) is 13.4. The van der Waals surface area contributed by atoms with Crippen molar-refractivity contribution in [1.82, 2.24) is 5.32 Å². The molecule has 122 valence electrons. The van der Waals surface area contributed by atoms with Crippen molar-refractivity contribution in [2.75, 3.05) is 0 Å². The van der Waals surface area contributed by atoms with Crippen LogP contribution in [0.15, 0.2) is 35.5 Å². The molecule has 0 aliphatic rings. The van der Waals surface area contributed by atoms with Crippen LogP contribution in [-0.2, 0) is 16.0 Å². The van der Waals surface area contributed by atoms with Crippen molar-refractivity contribution in [1.29, 1.82) is 0 Å². The molecule has 1 aromatic carbocycles. The molecule has 1 amide bonds. The molecule has 5 heteroatoms. The predicted octanol–water partition coefficient (Wildman–Crippen LogP) is 3.13. The minimum Gasteiger partial charge on any atom is -0.480 e. The Bertz CT molecular complexity index is 745. The maximum atomic E-state index is 12.1. The Hall–Kier alpha value is -2.56. The summed E-state index contributed by atoms with van der Waals surface area (Å²) in [6.45, 7) is 7.54. The van der Waals surface area contributed by atoms with E-state index in [4.69, 9.17) is 9.52 Å². The number of allylic oxidation sites excluding steroid dienone is 1. The fraction of sp³-hybridized carbons (Fsp3) is 0.333. The Morgan fingerprint density at radius 3 is 2.78 bits per heavy atom. The van der Waals surface area contributed by atoms with E-state index < -0.39 is 12.0 Å². The Morgan fingerprint density at radius 1 is 1.39 bits per heavy atom. The molecule has 2 rings (SSSR count). The van der Waals surface area contributed by atoms with Crippen LogP contribution in [0.1, 0.15) is 29.5 Å². The van der Waals surface area contributed by atoms with Crippen molar-refractivity contribution in [3.05, 3.63) is 47.7 Å². The van der Waals surface area contributed by atoms with Gasteiger partial charge in [-0.05, 0) is 37.8 Å². The van der Waals surface area contributed by atoms with Gasteiger partial charge in [-0.1, -0.05) is 18.2 Å². The van der Waals surface area contributed by atoms with Crippen molar-refractivity contribution in [2.24, 2.45) is 0 Å². The number of benzene rings is 1. The maximum Gasteiger partial charge on any atom is 0.326 e. The van der Waals surface area contributed by atoms with Crippen LogP contribution in [0.2, 0.25) is 0 Å². The number of furan rings is 1. The van der Waals surface area contributed by atoms with Crippen LogP contribution in [0, 0.1) is 13.8 Å². The molecule has 0 radical (unpaired) electrons. The first-order valence-electron chi connectivity index (χ1n) is 7.53. The van der Waals surface area contributed by atoms with E-state index in [2.05, 4.69) is 11.9 Å². The SMILES string of the molecule is C=CCCC(NC(=O)Cc1coc2c(C)c(C)ccc12)C(=O)O. The van der Waals surface area contributed by atoms with Gasteiger partial charge in [0.1, 0.15) is 11.6 Å². The zero-order chi connectivity index (χ0) is 17.0. The summed E-state index contributed by atoms with van der Waals surface area (Å²) in [6, 6.07) is 3.01. The summed E-state index contributed by atoms with van der Waals surface area (Å²) in [5.74, 6) is -1.37. The quantitative estimate of drug-likeness (QED) is 0.769. The highest BCUT2D eigenvalue weighted by molar-refractivity contribution is 5.91. The molecule has 23 heavy (non-hydrogen) atoms. The summed E-state index contributed by atoms with van der Waals surface area (Å²) in [5.41, 5.74) is 3.70. The molecule has 1 heterocycles. The Morgan fingerprint density at radius 2 is 2.13 bits per heavy atom. The monoisotopic (exact) mass is 315 g/mol. The first-order chi connectivity index (χ1) is 10.9. The molecule has 0 saturated carbocycles. The van der Waals surface area contributed by atoms with Gasteiger partial charge in [0.15, 0.2) is 0 Å². The zero-order valence-electron chi connectivity index (χ0n) is 13.4. The normalized spacial score (nSPS) is 12.1. The number of hydrogen-bond donors (Lipinski definition) is 2. The van der Waals surface area contributed by atoms with Crippen LogP contribution in [0.3, 0.4) is 0 Å². The number of amides is 1. The third-order valence-electron chi connectivity index (χ3n) is 3.99. The molecule has 1 aromatic heterocycles. The molecule has 0 fully saturated rings. The van der Waals surface area contributed by atoms with Gasteiger partial charge in [0.2, 0.25) is 5.91 Å². The first kappa shape index (κ1) is 16.8. The molecule has 0 spiro atoms. The fourth-order valence-electron chi connectivity index (χ4n) is 2.49. The van der Waals surface area contributed by atoms with Gasteiger partial charge in [-0.3, -0.25) is 4.79 Å². The first-order valence-corrected chi connectivity index (χ1v) is 7.53.